The lowest BCUT2D eigenvalue weighted by molar-refractivity contribution is 0.0698. The lowest BCUT2D eigenvalue weighted by Gasteiger charge is -2.40. The first-order valence-corrected chi connectivity index (χ1v) is 5.63. The fraction of sp³-hybridized carbons (Fsp3) is 0. The first-order valence-electron chi connectivity index (χ1n) is 3.68. The van der Waals surface area contributed by atoms with Crippen LogP contribution in [-0.4, -0.2) is 11.1 Å². The van der Waals surface area contributed by atoms with Gasteiger partial charge >= 0.3 is 16.2 Å². The zero-order valence-electron chi connectivity index (χ0n) is 7.46. The Morgan fingerprint density at radius 3 is 2.06 bits per heavy atom. The van der Waals surface area contributed by atoms with Crippen LogP contribution in [-0.2, 0) is 0 Å². The molecule has 0 heterocycles. The number of halogens is 5. The van der Waals surface area contributed by atoms with Crippen molar-refractivity contribution in [2.24, 2.45) is 0 Å². The Morgan fingerprint density at radius 2 is 1.69 bits per heavy atom. The summed E-state index contributed by atoms with van der Waals surface area (Å²) in [6.45, 7) is 0. The minimum Gasteiger partial charge on any atom is -0.478 e. The van der Waals surface area contributed by atoms with Gasteiger partial charge in [0.1, 0.15) is 4.90 Å². The van der Waals surface area contributed by atoms with Gasteiger partial charge in [0, 0.05) is 5.69 Å². The number of nitrogen functional groups attached to an aromatic ring is 1. The molecule has 0 aromatic heterocycles. The second-order valence-corrected chi connectivity index (χ2v) is 5.43. The van der Waals surface area contributed by atoms with Crippen molar-refractivity contribution in [3.05, 3.63) is 23.8 Å². The molecule has 0 radical (unpaired) electrons. The Kier molecular flexibility index (Phi) is 2.04. The topological polar surface area (TPSA) is 63.3 Å². The Hall–Kier alpha value is -1.51. The lowest BCUT2D eigenvalue weighted by atomic mass is 10.2. The van der Waals surface area contributed by atoms with Gasteiger partial charge in [-0.2, -0.15) is 0 Å². The van der Waals surface area contributed by atoms with E-state index < -0.39 is 32.3 Å². The third kappa shape index (κ3) is 2.54. The average molecular weight is 263 g/mol. The molecule has 9 heteroatoms. The van der Waals surface area contributed by atoms with Gasteiger partial charge in [-0.15, -0.1) is 0 Å². The number of anilines is 1. The van der Waals surface area contributed by atoms with E-state index in [2.05, 4.69) is 0 Å². The van der Waals surface area contributed by atoms with Crippen LogP contribution in [0.25, 0.3) is 0 Å². The van der Waals surface area contributed by atoms with Crippen molar-refractivity contribution >= 4 is 21.9 Å². The number of rotatable bonds is 2. The van der Waals surface area contributed by atoms with Gasteiger partial charge < -0.3 is 10.8 Å². The van der Waals surface area contributed by atoms with E-state index in [0.29, 0.717) is 6.07 Å². The van der Waals surface area contributed by atoms with Crippen molar-refractivity contribution in [2.45, 2.75) is 4.90 Å². The number of nitrogens with two attached hydrogens (primary N) is 1. The number of hydrogen-bond acceptors (Lipinski definition) is 2. The van der Waals surface area contributed by atoms with Crippen LogP contribution < -0.4 is 5.73 Å². The highest BCUT2D eigenvalue weighted by Crippen LogP contribution is 3.02. The van der Waals surface area contributed by atoms with Crippen LogP contribution in [0.1, 0.15) is 10.4 Å². The summed E-state index contributed by atoms with van der Waals surface area (Å²) in [4.78, 5) is 8.16. The van der Waals surface area contributed by atoms with E-state index in [-0.39, 0.29) is 12.1 Å². The predicted molar refractivity (Wildman–Crippen MR) is 49.2 cm³/mol. The molecule has 3 N–H and O–H groups in total. The summed E-state index contributed by atoms with van der Waals surface area (Å²) in [5, 5.41) is 8.44. The molecule has 0 fully saturated rings. The van der Waals surface area contributed by atoms with Gasteiger partial charge in [-0.05, 0) is 18.2 Å². The molecule has 92 valence electrons. The van der Waals surface area contributed by atoms with E-state index in [9.17, 15) is 24.2 Å². The molecule has 0 aliphatic heterocycles. The molecule has 1 aromatic carbocycles. The first-order chi connectivity index (χ1) is 6.81. The van der Waals surface area contributed by atoms with Crippen LogP contribution in [0.4, 0.5) is 25.1 Å². The number of aromatic carboxylic acids is 1. The SMILES string of the molecule is Nc1ccc(S(F)(F)(F)(F)F)cc1C(=O)O. The first kappa shape index (κ1) is 12.6. The number of carboxylic acids is 1. The van der Waals surface area contributed by atoms with Crippen LogP contribution in [0, 0.1) is 0 Å². The second kappa shape index (κ2) is 2.59. The van der Waals surface area contributed by atoms with Gasteiger partial charge in [-0.25, -0.2) is 4.79 Å². The van der Waals surface area contributed by atoms with Crippen LogP contribution >= 0.6 is 10.2 Å². The molecule has 0 saturated heterocycles. The highest BCUT2D eigenvalue weighted by atomic mass is 32.5. The van der Waals surface area contributed by atoms with Crippen LogP contribution in [0.2, 0.25) is 0 Å². The fourth-order valence-corrected chi connectivity index (χ4v) is 1.63. The molecule has 0 unspecified atom stereocenters. The fourth-order valence-electron chi connectivity index (χ4n) is 0.961. The quantitative estimate of drug-likeness (QED) is 0.632. The van der Waals surface area contributed by atoms with E-state index >= 15 is 0 Å². The smallest absolute Gasteiger partial charge is 0.337 e. The van der Waals surface area contributed by atoms with Gasteiger partial charge in [0.15, 0.2) is 0 Å². The molecular formula is C7H6F5NO2S. The summed E-state index contributed by atoms with van der Waals surface area (Å²) in [7, 11) is -9.86. The van der Waals surface area contributed by atoms with E-state index in [1.54, 1.807) is 0 Å². The Bertz CT molecular complexity index is 469. The van der Waals surface area contributed by atoms with Gasteiger partial charge in [0.2, 0.25) is 0 Å². The summed E-state index contributed by atoms with van der Waals surface area (Å²) >= 11 is 0. The number of carbonyl (C=O) groups is 1. The lowest BCUT2D eigenvalue weighted by Crippen LogP contribution is -2.09. The van der Waals surface area contributed by atoms with E-state index in [0.717, 1.165) is 0 Å². The monoisotopic (exact) mass is 263 g/mol. The third-order valence-corrected chi connectivity index (χ3v) is 2.85. The maximum Gasteiger partial charge on any atom is 0.337 e. The van der Waals surface area contributed by atoms with Crippen LogP contribution in [0.5, 0.6) is 0 Å². The van der Waals surface area contributed by atoms with Crippen molar-refractivity contribution in [1.82, 2.24) is 0 Å². The van der Waals surface area contributed by atoms with Gasteiger partial charge in [-0.3, -0.25) is 0 Å². The molecule has 0 saturated carbocycles. The molecule has 3 nitrogen and oxygen atoms in total. The molecule has 0 bridgehead atoms. The maximum absolute atomic E-state index is 12.3. The van der Waals surface area contributed by atoms with E-state index in [1.165, 1.54) is 0 Å². The van der Waals surface area contributed by atoms with Crippen molar-refractivity contribution in [2.75, 3.05) is 5.73 Å². The Labute approximate surface area is 86.4 Å². The van der Waals surface area contributed by atoms with Crippen LogP contribution in [0.3, 0.4) is 0 Å². The summed E-state index contributed by atoms with van der Waals surface area (Å²) in [6, 6.07) is 0.374. The molecule has 0 aliphatic carbocycles. The zero-order valence-corrected chi connectivity index (χ0v) is 8.28. The molecule has 1 rings (SSSR count). The summed E-state index contributed by atoms with van der Waals surface area (Å²) in [5.41, 5.74) is 3.52. The molecular weight excluding hydrogens is 257 g/mol. The van der Waals surface area contributed by atoms with Gasteiger partial charge in [0.25, 0.3) is 0 Å². The van der Waals surface area contributed by atoms with Crippen molar-refractivity contribution in [1.29, 1.82) is 0 Å². The minimum atomic E-state index is -9.86. The highest BCUT2D eigenvalue weighted by Gasteiger charge is 2.65. The number of benzene rings is 1. The van der Waals surface area contributed by atoms with Gasteiger partial charge in [0.05, 0.1) is 5.56 Å². The Morgan fingerprint density at radius 1 is 1.19 bits per heavy atom. The van der Waals surface area contributed by atoms with Crippen molar-refractivity contribution < 1.29 is 29.3 Å². The minimum absolute atomic E-state index is 0.0589. The molecule has 0 atom stereocenters. The van der Waals surface area contributed by atoms with Crippen molar-refractivity contribution in [3.8, 4) is 0 Å². The standard InChI is InChI=1S/C7H6F5NO2S/c8-16(9,10,11,12)4-1-2-6(13)5(3-4)7(14)15/h1-3H,13H2,(H,14,15). The molecule has 1 aromatic rings. The van der Waals surface area contributed by atoms with Crippen molar-refractivity contribution in [3.63, 3.8) is 0 Å². The summed E-state index contributed by atoms with van der Waals surface area (Å²) < 4.78 is 61.4. The largest absolute Gasteiger partial charge is 0.478 e. The predicted octanol–water partition coefficient (Wildman–Crippen LogP) is 3.62. The normalized spacial score (nSPS) is 16.3. The molecule has 16 heavy (non-hydrogen) atoms. The summed E-state index contributed by atoms with van der Waals surface area (Å²) in [5.74, 6) is -1.80. The second-order valence-electron chi connectivity index (χ2n) is 3.02. The Balaban J connectivity index is 3.54. The zero-order chi connectivity index (χ0) is 12.8. The highest BCUT2D eigenvalue weighted by molar-refractivity contribution is 8.45. The average Bonchev–Trinajstić information content (AvgIpc) is 1.99. The van der Waals surface area contributed by atoms with Gasteiger partial charge in [-0.1, -0.05) is 19.4 Å². The maximum atomic E-state index is 12.3. The summed E-state index contributed by atoms with van der Waals surface area (Å²) in [6.07, 6.45) is 0. The van der Waals surface area contributed by atoms with E-state index in [1.807, 2.05) is 0 Å². The van der Waals surface area contributed by atoms with Crippen LogP contribution in [0.15, 0.2) is 23.1 Å². The number of carboxylic acid groups (broad SMARTS) is 1. The molecule has 0 aliphatic rings. The molecule has 0 amide bonds. The van der Waals surface area contributed by atoms with E-state index in [4.69, 9.17) is 10.8 Å². The third-order valence-electron chi connectivity index (χ3n) is 1.70. The number of hydrogen-bond donors (Lipinski definition) is 2. The molecule has 0 spiro atoms.